The minimum Gasteiger partial charge on any atom is -0.281 e. The van der Waals surface area contributed by atoms with Gasteiger partial charge in [-0.25, -0.2) is 4.39 Å². The lowest BCUT2D eigenvalue weighted by atomic mass is 9.99. The number of rotatable bonds is 5. The maximum absolute atomic E-state index is 13.9. The molecule has 0 bridgehead atoms. The Morgan fingerprint density at radius 3 is 2.77 bits per heavy atom. The molecule has 0 heterocycles. The van der Waals surface area contributed by atoms with E-state index < -0.39 is 0 Å². The van der Waals surface area contributed by atoms with Crippen LogP contribution in [0.2, 0.25) is 0 Å². The Bertz CT molecular complexity index is 635. The molecule has 3 rings (SSSR count). The van der Waals surface area contributed by atoms with E-state index in [-0.39, 0.29) is 11.9 Å². The lowest BCUT2D eigenvalue weighted by Gasteiger charge is -2.15. The van der Waals surface area contributed by atoms with Gasteiger partial charge in [0.25, 0.3) is 0 Å². The van der Waals surface area contributed by atoms with Gasteiger partial charge >= 0.3 is 0 Å². The Kier molecular flexibility index (Phi) is 4.56. The molecule has 0 amide bonds. The van der Waals surface area contributed by atoms with E-state index in [1.807, 2.05) is 12.1 Å². The van der Waals surface area contributed by atoms with Crippen LogP contribution in [-0.4, -0.2) is 11.8 Å². The molecule has 0 N–H and O–H groups in total. The monoisotopic (exact) mass is 297 g/mol. The highest BCUT2D eigenvalue weighted by Gasteiger charge is 2.24. The third-order valence-electron chi connectivity index (χ3n) is 4.54. The van der Waals surface area contributed by atoms with Crippen molar-refractivity contribution in [3.63, 3.8) is 0 Å². The minimum absolute atomic E-state index is 0.134. The predicted octanol–water partition coefficient (Wildman–Crippen LogP) is 5.39. The Morgan fingerprint density at radius 1 is 1.32 bits per heavy atom. The van der Waals surface area contributed by atoms with Gasteiger partial charge in [0.2, 0.25) is 0 Å². The first-order valence-electron chi connectivity index (χ1n) is 8.33. The third-order valence-corrected chi connectivity index (χ3v) is 4.54. The van der Waals surface area contributed by atoms with Crippen LogP contribution in [0.3, 0.4) is 0 Å². The maximum atomic E-state index is 13.9. The van der Waals surface area contributed by atoms with E-state index >= 15 is 0 Å². The molecule has 0 aromatic heterocycles. The highest BCUT2D eigenvalue weighted by Crippen LogP contribution is 2.34. The molecule has 22 heavy (non-hydrogen) atoms. The summed E-state index contributed by atoms with van der Waals surface area (Å²) >= 11 is 0. The first-order valence-corrected chi connectivity index (χ1v) is 8.33. The van der Waals surface area contributed by atoms with Crippen LogP contribution < -0.4 is 0 Å². The van der Waals surface area contributed by atoms with Gasteiger partial charge in [-0.3, -0.25) is 4.99 Å². The number of allylic oxidation sites excluding steroid dienone is 2. The summed E-state index contributed by atoms with van der Waals surface area (Å²) in [6, 6.07) is 5.67. The number of hydrogen-bond acceptors (Lipinski definition) is 1. The summed E-state index contributed by atoms with van der Waals surface area (Å²) in [7, 11) is 0. The molecule has 0 aliphatic heterocycles. The fraction of sp³-hybridized carbons (Fsp3) is 0.450. The van der Waals surface area contributed by atoms with E-state index in [0.29, 0.717) is 5.56 Å². The van der Waals surface area contributed by atoms with Crippen LogP contribution in [0.15, 0.2) is 47.0 Å². The summed E-state index contributed by atoms with van der Waals surface area (Å²) in [5.74, 6) is 0.608. The number of halogens is 1. The SMILES string of the molecule is Cc1ccc(C(CC2CC2)=N[C@@H](C)C2=CCCC=C2)cc1F. The van der Waals surface area contributed by atoms with Gasteiger partial charge in [0.15, 0.2) is 0 Å². The van der Waals surface area contributed by atoms with Crippen molar-refractivity contribution in [3.8, 4) is 0 Å². The highest BCUT2D eigenvalue weighted by molar-refractivity contribution is 6.01. The molecule has 0 radical (unpaired) electrons. The normalized spacial score (nSPS) is 20.0. The van der Waals surface area contributed by atoms with Gasteiger partial charge in [0.05, 0.1) is 6.04 Å². The molecule has 2 aliphatic carbocycles. The fourth-order valence-corrected chi connectivity index (χ4v) is 2.86. The van der Waals surface area contributed by atoms with Gasteiger partial charge in [-0.15, -0.1) is 0 Å². The second kappa shape index (κ2) is 6.60. The molecule has 1 nitrogen and oxygen atoms in total. The van der Waals surface area contributed by atoms with E-state index in [0.717, 1.165) is 36.5 Å². The number of nitrogens with zero attached hydrogens (tertiary/aromatic N) is 1. The summed E-state index contributed by atoms with van der Waals surface area (Å²) in [4.78, 5) is 4.95. The van der Waals surface area contributed by atoms with Crippen molar-refractivity contribution in [2.45, 2.75) is 52.0 Å². The Balaban J connectivity index is 1.87. The number of aryl methyl sites for hydroxylation is 1. The summed E-state index contributed by atoms with van der Waals surface area (Å²) in [6.45, 7) is 3.94. The smallest absolute Gasteiger partial charge is 0.126 e. The van der Waals surface area contributed by atoms with Crippen LogP contribution in [0, 0.1) is 18.7 Å². The van der Waals surface area contributed by atoms with Crippen LogP contribution in [0.5, 0.6) is 0 Å². The average molecular weight is 297 g/mol. The number of aliphatic imine (C=N–C) groups is 1. The van der Waals surface area contributed by atoms with Crippen molar-refractivity contribution >= 4 is 5.71 Å². The second-order valence-electron chi connectivity index (χ2n) is 6.55. The molecule has 2 heteroatoms. The highest BCUT2D eigenvalue weighted by atomic mass is 19.1. The van der Waals surface area contributed by atoms with Crippen molar-refractivity contribution in [1.82, 2.24) is 0 Å². The number of hydrogen-bond donors (Lipinski definition) is 0. The van der Waals surface area contributed by atoms with Crippen molar-refractivity contribution in [2.75, 3.05) is 0 Å². The van der Waals surface area contributed by atoms with Crippen LogP contribution in [0.1, 0.15) is 50.2 Å². The molecular formula is C20H24FN. The fourth-order valence-electron chi connectivity index (χ4n) is 2.86. The van der Waals surface area contributed by atoms with E-state index in [1.54, 1.807) is 13.0 Å². The summed E-state index contributed by atoms with van der Waals surface area (Å²) < 4.78 is 13.9. The molecule has 0 spiro atoms. The van der Waals surface area contributed by atoms with Gasteiger partial charge in [0, 0.05) is 5.71 Å². The summed E-state index contributed by atoms with van der Waals surface area (Å²) in [6.07, 6.45) is 12.4. The number of benzene rings is 1. The second-order valence-corrected chi connectivity index (χ2v) is 6.55. The van der Waals surface area contributed by atoms with Gasteiger partial charge in [-0.2, -0.15) is 0 Å². The van der Waals surface area contributed by atoms with Crippen LogP contribution in [0.4, 0.5) is 4.39 Å². The lowest BCUT2D eigenvalue weighted by molar-refractivity contribution is 0.618. The molecule has 1 aromatic rings. The predicted molar refractivity (Wildman–Crippen MR) is 90.9 cm³/mol. The Morgan fingerprint density at radius 2 is 2.14 bits per heavy atom. The third kappa shape index (κ3) is 3.73. The molecule has 1 fully saturated rings. The first kappa shape index (κ1) is 15.2. The quantitative estimate of drug-likeness (QED) is 0.646. The van der Waals surface area contributed by atoms with Crippen molar-refractivity contribution in [1.29, 1.82) is 0 Å². The van der Waals surface area contributed by atoms with E-state index in [4.69, 9.17) is 4.99 Å². The van der Waals surface area contributed by atoms with Crippen LogP contribution in [-0.2, 0) is 0 Å². The van der Waals surface area contributed by atoms with Gasteiger partial charge in [-0.05, 0) is 74.6 Å². The van der Waals surface area contributed by atoms with Crippen molar-refractivity contribution in [2.24, 2.45) is 10.9 Å². The van der Waals surface area contributed by atoms with Crippen molar-refractivity contribution in [3.05, 3.63) is 58.9 Å². The molecule has 1 saturated carbocycles. The lowest BCUT2D eigenvalue weighted by Crippen LogP contribution is -2.11. The molecule has 1 aromatic carbocycles. The summed E-state index contributed by atoms with van der Waals surface area (Å²) in [5.41, 5.74) is 3.99. The van der Waals surface area contributed by atoms with Gasteiger partial charge in [0.1, 0.15) is 5.82 Å². The van der Waals surface area contributed by atoms with E-state index in [1.165, 1.54) is 18.4 Å². The van der Waals surface area contributed by atoms with Crippen LogP contribution in [0.25, 0.3) is 0 Å². The Labute approximate surface area is 132 Å². The zero-order chi connectivity index (χ0) is 15.5. The van der Waals surface area contributed by atoms with E-state index in [9.17, 15) is 4.39 Å². The molecule has 116 valence electrons. The molecule has 1 atom stereocenters. The zero-order valence-electron chi connectivity index (χ0n) is 13.5. The summed E-state index contributed by atoms with van der Waals surface area (Å²) in [5, 5.41) is 0. The Hall–Kier alpha value is -1.70. The van der Waals surface area contributed by atoms with E-state index in [2.05, 4.69) is 25.2 Å². The molecular weight excluding hydrogens is 273 g/mol. The van der Waals surface area contributed by atoms with Crippen LogP contribution >= 0.6 is 0 Å². The van der Waals surface area contributed by atoms with Gasteiger partial charge < -0.3 is 0 Å². The zero-order valence-corrected chi connectivity index (χ0v) is 13.5. The molecule has 2 aliphatic rings. The molecule has 0 unspecified atom stereocenters. The minimum atomic E-state index is -0.134. The average Bonchev–Trinajstić information content (AvgIpc) is 3.34. The topological polar surface area (TPSA) is 12.4 Å². The van der Waals surface area contributed by atoms with Gasteiger partial charge in [-0.1, -0.05) is 30.4 Å². The standard InChI is InChI=1S/C20H24FN/c1-14-8-11-18(13-19(14)21)20(12-16-9-10-16)22-15(2)17-6-4-3-5-7-17/h4,6-8,11,13,15-16H,3,5,9-10,12H2,1-2H3/t15-/m0/s1. The maximum Gasteiger partial charge on any atom is 0.126 e. The largest absolute Gasteiger partial charge is 0.281 e. The van der Waals surface area contributed by atoms with Crippen molar-refractivity contribution < 1.29 is 4.39 Å². The molecule has 0 saturated heterocycles. The first-order chi connectivity index (χ1) is 10.6.